The van der Waals surface area contributed by atoms with Crippen LogP contribution in [0.5, 0.6) is 0 Å². The molecular formula is C5H9ClFN3. The maximum absolute atomic E-state index is 11.6. The topological polar surface area (TPSA) is 43.8 Å². The van der Waals surface area contributed by atoms with Gasteiger partial charge in [-0.25, -0.2) is 9.07 Å². The van der Waals surface area contributed by atoms with E-state index in [1.807, 2.05) is 0 Å². The van der Waals surface area contributed by atoms with Crippen molar-refractivity contribution in [1.82, 2.24) is 9.78 Å². The van der Waals surface area contributed by atoms with Crippen LogP contribution in [-0.4, -0.2) is 16.5 Å². The number of hydrogen-bond donors (Lipinski definition) is 1. The molecule has 0 aromatic carbocycles. The maximum atomic E-state index is 11.6. The van der Waals surface area contributed by atoms with Crippen LogP contribution in [0, 0.1) is 0 Å². The SMILES string of the molecule is Cl.Nc1ccnn1CCF. The third-order valence-electron chi connectivity index (χ3n) is 1.05. The van der Waals surface area contributed by atoms with E-state index in [-0.39, 0.29) is 19.0 Å². The molecule has 10 heavy (non-hydrogen) atoms. The molecule has 58 valence electrons. The second-order valence-electron chi connectivity index (χ2n) is 1.67. The highest BCUT2D eigenvalue weighted by Crippen LogP contribution is 1.97. The van der Waals surface area contributed by atoms with E-state index in [1.165, 1.54) is 4.68 Å². The monoisotopic (exact) mass is 165 g/mol. The largest absolute Gasteiger partial charge is 0.384 e. The zero-order chi connectivity index (χ0) is 6.69. The average molecular weight is 166 g/mol. The summed E-state index contributed by atoms with van der Waals surface area (Å²) in [6.07, 6.45) is 1.55. The van der Waals surface area contributed by atoms with Crippen LogP contribution in [0.1, 0.15) is 0 Å². The lowest BCUT2D eigenvalue weighted by Crippen LogP contribution is -2.05. The molecule has 0 aliphatic rings. The Kier molecular flexibility index (Phi) is 3.79. The van der Waals surface area contributed by atoms with E-state index in [1.54, 1.807) is 12.3 Å². The first-order chi connectivity index (χ1) is 4.34. The van der Waals surface area contributed by atoms with Crippen LogP contribution >= 0.6 is 12.4 Å². The van der Waals surface area contributed by atoms with Crippen LogP contribution in [0.2, 0.25) is 0 Å². The van der Waals surface area contributed by atoms with Gasteiger partial charge in [-0.1, -0.05) is 0 Å². The molecule has 0 fully saturated rings. The summed E-state index contributed by atoms with van der Waals surface area (Å²) in [5, 5.41) is 3.76. The normalized spacial score (nSPS) is 8.90. The van der Waals surface area contributed by atoms with E-state index < -0.39 is 6.67 Å². The van der Waals surface area contributed by atoms with Gasteiger partial charge in [0.1, 0.15) is 12.5 Å². The van der Waals surface area contributed by atoms with Crippen molar-refractivity contribution in [2.75, 3.05) is 12.4 Å². The number of rotatable bonds is 2. The Morgan fingerprint density at radius 2 is 2.40 bits per heavy atom. The lowest BCUT2D eigenvalue weighted by atomic mass is 10.6. The molecule has 1 heterocycles. The molecule has 0 aliphatic carbocycles. The highest BCUT2D eigenvalue weighted by Gasteiger charge is 1.93. The van der Waals surface area contributed by atoms with Crippen molar-refractivity contribution in [3.8, 4) is 0 Å². The molecule has 1 rings (SSSR count). The van der Waals surface area contributed by atoms with Gasteiger partial charge in [-0.2, -0.15) is 5.10 Å². The standard InChI is InChI=1S/C5H8FN3.ClH/c6-2-4-9-5(7)1-3-8-9;/h1,3H,2,4,7H2;1H. The van der Waals surface area contributed by atoms with Gasteiger partial charge < -0.3 is 5.73 Å². The second-order valence-corrected chi connectivity index (χ2v) is 1.67. The van der Waals surface area contributed by atoms with Crippen LogP contribution in [0.25, 0.3) is 0 Å². The molecule has 1 aromatic heterocycles. The summed E-state index contributed by atoms with van der Waals surface area (Å²) in [6.45, 7) is -0.176. The number of nitrogens with two attached hydrogens (primary N) is 1. The third kappa shape index (κ3) is 1.88. The predicted molar refractivity (Wildman–Crippen MR) is 39.9 cm³/mol. The number of halogens is 2. The van der Waals surface area contributed by atoms with E-state index in [2.05, 4.69) is 5.10 Å². The Balaban J connectivity index is 0.000000810. The predicted octanol–water partition coefficient (Wildman–Crippen LogP) is 0.857. The Bertz CT molecular complexity index is 189. The van der Waals surface area contributed by atoms with Gasteiger partial charge in [0, 0.05) is 0 Å². The number of aromatic nitrogens is 2. The minimum atomic E-state index is -0.425. The third-order valence-corrected chi connectivity index (χ3v) is 1.05. The van der Waals surface area contributed by atoms with Crippen LogP contribution in [0.3, 0.4) is 0 Å². The van der Waals surface area contributed by atoms with Crippen molar-refractivity contribution in [2.45, 2.75) is 6.54 Å². The fourth-order valence-corrected chi connectivity index (χ4v) is 0.610. The van der Waals surface area contributed by atoms with Gasteiger partial charge in [0.05, 0.1) is 12.7 Å². The van der Waals surface area contributed by atoms with Crippen LogP contribution < -0.4 is 5.73 Å². The number of alkyl halides is 1. The zero-order valence-corrected chi connectivity index (χ0v) is 6.14. The molecule has 0 saturated carbocycles. The van der Waals surface area contributed by atoms with E-state index in [4.69, 9.17) is 5.73 Å². The van der Waals surface area contributed by atoms with Crippen LogP contribution in [-0.2, 0) is 6.54 Å². The first-order valence-electron chi connectivity index (χ1n) is 2.68. The summed E-state index contributed by atoms with van der Waals surface area (Å²) in [5.74, 6) is 0.507. The fraction of sp³-hybridized carbons (Fsp3) is 0.400. The van der Waals surface area contributed by atoms with E-state index in [9.17, 15) is 4.39 Å². The van der Waals surface area contributed by atoms with Gasteiger partial charge >= 0.3 is 0 Å². The fourth-order valence-electron chi connectivity index (χ4n) is 0.610. The Morgan fingerprint density at radius 1 is 1.70 bits per heavy atom. The lowest BCUT2D eigenvalue weighted by molar-refractivity contribution is 0.430. The van der Waals surface area contributed by atoms with Crippen molar-refractivity contribution < 1.29 is 4.39 Å². The summed E-state index contributed by atoms with van der Waals surface area (Å²) in [4.78, 5) is 0. The van der Waals surface area contributed by atoms with Gasteiger partial charge in [-0.05, 0) is 6.07 Å². The van der Waals surface area contributed by atoms with Crippen molar-refractivity contribution in [3.05, 3.63) is 12.3 Å². The molecule has 3 nitrogen and oxygen atoms in total. The van der Waals surface area contributed by atoms with E-state index in [0.717, 1.165) is 0 Å². The number of nitrogen functional groups attached to an aromatic ring is 1. The zero-order valence-electron chi connectivity index (χ0n) is 5.33. The van der Waals surface area contributed by atoms with Crippen molar-refractivity contribution in [1.29, 1.82) is 0 Å². The maximum Gasteiger partial charge on any atom is 0.121 e. The summed E-state index contributed by atoms with van der Waals surface area (Å²) in [7, 11) is 0. The highest BCUT2D eigenvalue weighted by atomic mass is 35.5. The van der Waals surface area contributed by atoms with Crippen molar-refractivity contribution in [3.63, 3.8) is 0 Å². The molecule has 0 bridgehead atoms. The highest BCUT2D eigenvalue weighted by molar-refractivity contribution is 5.85. The molecule has 0 saturated heterocycles. The van der Waals surface area contributed by atoms with Gasteiger partial charge in [-0.3, -0.25) is 0 Å². The molecule has 0 unspecified atom stereocenters. The summed E-state index contributed by atoms with van der Waals surface area (Å²) in [5.41, 5.74) is 5.36. The summed E-state index contributed by atoms with van der Waals surface area (Å²) < 4.78 is 13.0. The molecule has 0 spiro atoms. The van der Waals surface area contributed by atoms with E-state index >= 15 is 0 Å². The Labute approximate surface area is 64.4 Å². The first-order valence-corrected chi connectivity index (χ1v) is 2.68. The number of hydrogen-bond acceptors (Lipinski definition) is 2. The first kappa shape index (κ1) is 9.23. The Hall–Kier alpha value is -0.770. The number of nitrogens with zero attached hydrogens (tertiary/aromatic N) is 2. The number of anilines is 1. The van der Waals surface area contributed by atoms with Gasteiger partial charge in [0.15, 0.2) is 0 Å². The molecule has 0 amide bonds. The Morgan fingerprint density at radius 3 is 2.80 bits per heavy atom. The minimum Gasteiger partial charge on any atom is -0.384 e. The quantitative estimate of drug-likeness (QED) is 0.707. The minimum absolute atomic E-state index is 0. The van der Waals surface area contributed by atoms with Gasteiger partial charge in [0.25, 0.3) is 0 Å². The lowest BCUT2D eigenvalue weighted by Gasteiger charge is -1.96. The molecule has 0 radical (unpaired) electrons. The van der Waals surface area contributed by atoms with Crippen molar-refractivity contribution in [2.24, 2.45) is 0 Å². The molecule has 0 aliphatic heterocycles. The molecule has 1 aromatic rings. The number of aryl methyl sites for hydroxylation is 1. The average Bonchev–Trinajstić information content (AvgIpc) is 2.18. The van der Waals surface area contributed by atoms with Crippen LogP contribution in [0.15, 0.2) is 12.3 Å². The smallest absolute Gasteiger partial charge is 0.121 e. The van der Waals surface area contributed by atoms with Crippen LogP contribution in [0.4, 0.5) is 10.2 Å². The second kappa shape index (κ2) is 4.11. The molecular weight excluding hydrogens is 157 g/mol. The molecule has 0 atom stereocenters. The molecule has 2 N–H and O–H groups in total. The van der Waals surface area contributed by atoms with Gasteiger partial charge in [-0.15, -0.1) is 12.4 Å². The summed E-state index contributed by atoms with van der Waals surface area (Å²) >= 11 is 0. The van der Waals surface area contributed by atoms with Crippen molar-refractivity contribution >= 4 is 18.2 Å². The molecule has 5 heteroatoms. The van der Waals surface area contributed by atoms with Gasteiger partial charge in [0.2, 0.25) is 0 Å². The summed E-state index contributed by atoms with van der Waals surface area (Å²) in [6, 6.07) is 1.63. The van der Waals surface area contributed by atoms with E-state index in [0.29, 0.717) is 5.82 Å².